The van der Waals surface area contributed by atoms with Crippen LogP contribution in [-0.4, -0.2) is 17.1 Å². The Morgan fingerprint density at radius 3 is 2.54 bits per heavy atom. The van der Waals surface area contributed by atoms with Gasteiger partial charge in [0.15, 0.2) is 4.80 Å². The van der Waals surface area contributed by atoms with Crippen LogP contribution in [0, 0.1) is 7.14 Å². The Labute approximate surface area is 264 Å². The van der Waals surface area contributed by atoms with E-state index in [1.807, 2.05) is 60.0 Å². The lowest BCUT2D eigenvalue weighted by molar-refractivity contribution is -0.139. The molecule has 11 heteroatoms. The standard InChI is InChI=1S/C28H21ClI2N2O4S2/c1-3-36-27(35)23-15(2)32-28-33(24(23)21-5-4-10-38-21)26(34)22(39-28)13-17-11-19(30)25(20(31)12-17)37-14-16-6-8-18(29)9-7-16/h4-13,24H,3,14H2,1-2H3/b22-13+. The summed E-state index contributed by atoms with van der Waals surface area (Å²) in [5.41, 5.74) is 2.66. The first-order chi connectivity index (χ1) is 18.8. The Balaban J connectivity index is 1.52. The molecule has 6 nitrogen and oxygen atoms in total. The van der Waals surface area contributed by atoms with Crippen molar-refractivity contribution in [3.63, 3.8) is 0 Å². The molecule has 0 spiro atoms. The molecule has 1 aliphatic heterocycles. The van der Waals surface area contributed by atoms with E-state index >= 15 is 0 Å². The number of aromatic nitrogens is 1. The number of esters is 1. The highest BCUT2D eigenvalue weighted by Gasteiger charge is 2.33. The second kappa shape index (κ2) is 12.2. The summed E-state index contributed by atoms with van der Waals surface area (Å²) in [6, 6.07) is 14.8. The van der Waals surface area contributed by atoms with Gasteiger partial charge in [0.1, 0.15) is 18.4 Å². The third kappa shape index (κ3) is 6.04. The largest absolute Gasteiger partial charge is 0.487 e. The quantitative estimate of drug-likeness (QED) is 0.163. The van der Waals surface area contributed by atoms with Crippen molar-refractivity contribution in [1.82, 2.24) is 4.57 Å². The second-order valence-electron chi connectivity index (χ2n) is 8.55. The predicted molar refractivity (Wildman–Crippen MR) is 172 cm³/mol. The fraction of sp³-hybridized carbons (Fsp3) is 0.179. The lowest BCUT2D eigenvalue weighted by Gasteiger charge is -2.23. The number of fused-ring (bicyclic) bond motifs is 1. The van der Waals surface area contributed by atoms with Gasteiger partial charge in [-0.15, -0.1) is 11.3 Å². The third-order valence-electron chi connectivity index (χ3n) is 5.94. The summed E-state index contributed by atoms with van der Waals surface area (Å²) in [4.78, 5) is 32.7. The van der Waals surface area contributed by atoms with E-state index in [-0.39, 0.29) is 12.2 Å². The Bertz CT molecular complexity index is 1740. The molecule has 200 valence electrons. The molecule has 0 N–H and O–H groups in total. The van der Waals surface area contributed by atoms with Gasteiger partial charge in [-0.05, 0) is 112 Å². The number of hydrogen-bond donors (Lipinski definition) is 0. The van der Waals surface area contributed by atoms with Crippen molar-refractivity contribution >= 4 is 91.5 Å². The molecule has 0 radical (unpaired) electrons. The molecule has 0 amide bonds. The van der Waals surface area contributed by atoms with Gasteiger partial charge in [-0.1, -0.05) is 41.1 Å². The summed E-state index contributed by atoms with van der Waals surface area (Å²) < 4.78 is 15.5. The first-order valence-electron chi connectivity index (χ1n) is 11.9. The van der Waals surface area contributed by atoms with Crippen LogP contribution < -0.4 is 19.6 Å². The van der Waals surface area contributed by atoms with E-state index < -0.39 is 12.0 Å². The van der Waals surface area contributed by atoms with Crippen LogP contribution in [0.2, 0.25) is 5.02 Å². The molecule has 0 saturated heterocycles. The topological polar surface area (TPSA) is 69.9 Å². The third-order valence-corrected chi connectivity index (χ3v) is 9.71. The van der Waals surface area contributed by atoms with Crippen molar-refractivity contribution < 1.29 is 14.3 Å². The maximum atomic E-state index is 13.8. The molecule has 5 rings (SSSR count). The van der Waals surface area contributed by atoms with E-state index in [2.05, 4.69) is 50.2 Å². The van der Waals surface area contributed by atoms with Crippen LogP contribution in [0.1, 0.15) is 35.9 Å². The second-order valence-corrected chi connectivity index (χ2v) is 13.3. The number of allylic oxidation sites excluding steroid dienone is 1. The van der Waals surface area contributed by atoms with Gasteiger partial charge in [-0.25, -0.2) is 9.79 Å². The summed E-state index contributed by atoms with van der Waals surface area (Å²) >= 11 is 13.3. The highest BCUT2D eigenvalue weighted by Crippen LogP contribution is 2.33. The number of carbonyl (C=O) groups excluding carboxylic acids is 1. The molecule has 3 heterocycles. The smallest absolute Gasteiger partial charge is 0.338 e. The van der Waals surface area contributed by atoms with Crippen LogP contribution in [0.3, 0.4) is 0 Å². The Morgan fingerprint density at radius 1 is 1.18 bits per heavy atom. The SMILES string of the molecule is CCOC(=O)C1=C(C)N=c2s/c(=C/c3cc(I)c(OCc4ccc(Cl)cc4)c(I)c3)c(=O)n2C1c1cccs1. The van der Waals surface area contributed by atoms with Crippen LogP contribution in [0.5, 0.6) is 5.75 Å². The molecule has 39 heavy (non-hydrogen) atoms. The molecule has 1 atom stereocenters. The molecule has 0 bridgehead atoms. The van der Waals surface area contributed by atoms with Crippen LogP contribution in [0.25, 0.3) is 6.08 Å². The maximum absolute atomic E-state index is 13.8. The van der Waals surface area contributed by atoms with E-state index in [4.69, 9.17) is 21.1 Å². The lowest BCUT2D eigenvalue weighted by atomic mass is 10.0. The highest BCUT2D eigenvalue weighted by atomic mass is 127. The molecule has 1 unspecified atom stereocenters. The minimum Gasteiger partial charge on any atom is -0.487 e. The number of ether oxygens (including phenoxy) is 2. The number of rotatable bonds is 7. The number of carbonyl (C=O) groups is 1. The number of hydrogen-bond acceptors (Lipinski definition) is 7. The maximum Gasteiger partial charge on any atom is 0.338 e. The molecule has 0 aliphatic carbocycles. The van der Waals surface area contributed by atoms with Crippen LogP contribution in [0.4, 0.5) is 0 Å². The number of thiazole rings is 1. The van der Waals surface area contributed by atoms with Gasteiger partial charge in [0.2, 0.25) is 0 Å². The zero-order valence-corrected chi connectivity index (χ0v) is 27.4. The zero-order valence-electron chi connectivity index (χ0n) is 20.7. The Kier molecular flexibility index (Phi) is 8.96. The van der Waals surface area contributed by atoms with Gasteiger partial charge in [-0.3, -0.25) is 9.36 Å². The number of halogens is 3. The molecule has 1 aliphatic rings. The number of thiophene rings is 1. The van der Waals surface area contributed by atoms with E-state index in [1.54, 1.807) is 18.4 Å². The van der Waals surface area contributed by atoms with Gasteiger partial charge < -0.3 is 9.47 Å². The minimum absolute atomic E-state index is 0.195. The van der Waals surface area contributed by atoms with Gasteiger partial charge in [0, 0.05) is 9.90 Å². The first-order valence-corrected chi connectivity index (χ1v) is 16.1. The molecule has 0 fully saturated rings. The molecule has 2 aromatic carbocycles. The van der Waals surface area contributed by atoms with E-state index in [0.717, 1.165) is 28.9 Å². The monoisotopic (exact) mass is 802 g/mol. The zero-order chi connectivity index (χ0) is 27.7. The molecule has 2 aromatic heterocycles. The lowest BCUT2D eigenvalue weighted by Crippen LogP contribution is -2.39. The molecular weight excluding hydrogens is 782 g/mol. The normalized spacial score (nSPS) is 15.2. The average molecular weight is 803 g/mol. The van der Waals surface area contributed by atoms with Crippen molar-refractivity contribution in [3.8, 4) is 5.75 Å². The van der Waals surface area contributed by atoms with Gasteiger partial charge in [-0.2, -0.15) is 0 Å². The van der Waals surface area contributed by atoms with Crippen molar-refractivity contribution in [2.24, 2.45) is 4.99 Å². The van der Waals surface area contributed by atoms with Crippen LogP contribution >= 0.6 is 79.5 Å². The Morgan fingerprint density at radius 2 is 1.90 bits per heavy atom. The molecule has 4 aromatic rings. The average Bonchev–Trinajstić information content (AvgIpc) is 3.52. The summed E-state index contributed by atoms with van der Waals surface area (Å²) in [5.74, 6) is 0.335. The van der Waals surface area contributed by atoms with Gasteiger partial charge in [0.05, 0.1) is 29.5 Å². The van der Waals surface area contributed by atoms with Crippen LogP contribution in [0.15, 0.2) is 75.0 Å². The van der Waals surface area contributed by atoms with Gasteiger partial charge in [0.25, 0.3) is 5.56 Å². The summed E-state index contributed by atoms with van der Waals surface area (Å²) in [6.45, 7) is 4.22. The van der Waals surface area contributed by atoms with E-state index in [1.165, 1.54) is 22.7 Å². The highest BCUT2D eigenvalue weighted by molar-refractivity contribution is 14.1. The van der Waals surface area contributed by atoms with Crippen molar-refractivity contribution in [2.45, 2.75) is 26.5 Å². The summed E-state index contributed by atoms with van der Waals surface area (Å²) in [7, 11) is 0. The Hall–Kier alpha value is -2.00. The number of nitrogens with zero attached hydrogens (tertiary/aromatic N) is 2. The fourth-order valence-electron chi connectivity index (χ4n) is 4.20. The van der Waals surface area contributed by atoms with Gasteiger partial charge >= 0.3 is 5.97 Å². The minimum atomic E-state index is -0.577. The fourth-order valence-corrected chi connectivity index (χ4v) is 8.32. The first kappa shape index (κ1) is 28.5. The van der Waals surface area contributed by atoms with E-state index in [0.29, 0.717) is 32.2 Å². The van der Waals surface area contributed by atoms with E-state index in [9.17, 15) is 9.59 Å². The molecular formula is C28H21ClI2N2O4S2. The van der Waals surface area contributed by atoms with Crippen molar-refractivity contribution in [1.29, 1.82) is 0 Å². The predicted octanol–water partition coefficient (Wildman–Crippen LogP) is 6.30. The summed E-state index contributed by atoms with van der Waals surface area (Å²) in [5, 5.41) is 2.62. The van der Waals surface area contributed by atoms with Crippen molar-refractivity contribution in [3.05, 3.63) is 113 Å². The number of benzene rings is 2. The van der Waals surface area contributed by atoms with Crippen molar-refractivity contribution in [2.75, 3.05) is 6.61 Å². The summed E-state index contributed by atoms with van der Waals surface area (Å²) in [6.07, 6.45) is 1.87. The van der Waals surface area contributed by atoms with Crippen LogP contribution in [-0.2, 0) is 16.1 Å². The molecule has 0 saturated carbocycles.